The van der Waals surface area contributed by atoms with Crippen molar-refractivity contribution in [2.75, 3.05) is 19.4 Å². The molecule has 0 aliphatic carbocycles. The first kappa shape index (κ1) is 21.4. The zero-order valence-electron chi connectivity index (χ0n) is 18.1. The van der Waals surface area contributed by atoms with Gasteiger partial charge in [-0.15, -0.1) is 5.10 Å². The Bertz CT molecular complexity index is 1200. The van der Waals surface area contributed by atoms with Crippen LogP contribution in [-0.4, -0.2) is 34.6 Å². The van der Waals surface area contributed by atoms with E-state index in [-0.39, 0.29) is 11.6 Å². The molecule has 1 atom stereocenters. The summed E-state index contributed by atoms with van der Waals surface area (Å²) in [6.07, 6.45) is 2.79. The average molecular weight is 436 g/mol. The summed E-state index contributed by atoms with van der Waals surface area (Å²) >= 11 is 0. The molecule has 0 amide bonds. The molecule has 166 valence electrons. The number of halogens is 1. The van der Waals surface area contributed by atoms with Gasteiger partial charge in [0.05, 0.1) is 18.5 Å². The first-order chi connectivity index (χ1) is 15.4. The molecule has 9 heteroatoms. The van der Waals surface area contributed by atoms with E-state index in [1.807, 2.05) is 19.9 Å². The fourth-order valence-electron chi connectivity index (χ4n) is 3.80. The molecule has 1 aromatic carbocycles. The third kappa shape index (κ3) is 3.89. The first-order valence-electron chi connectivity index (χ1n) is 10.3. The highest BCUT2D eigenvalue weighted by molar-refractivity contribution is 5.89. The summed E-state index contributed by atoms with van der Waals surface area (Å²) in [6, 6.07) is 8.06. The highest BCUT2D eigenvalue weighted by atomic mass is 19.1. The Kier molecular flexibility index (Phi) is 5.81. The Morgan fingerprint density at radius 1 is 1.38 bits per heavy atom. The van der Waals surface area contributed by atoms with E-state index in [2.05, 4.69) is 15.4 Å². The van der Waals surface area contributed by atoms with E-state index >= 15 is 0 Å². The molecule has 3 heterocycles. The minimum atomic E-state index is -0.545. The molecular weight excluding hydrogens is 411 g/mol. The van der Waals surface area contributed by atoms with Gasteiger partial charge in [0.1, 0.15) is 11.9 Å². The fourth-order valence-corrected chi connectivity index (χ4v) is 3.80. The Hall–Kier alpha value is -3.88. The number of ether oxygens (including phenoxy) is 2. The highest BCUT2D eigenvalue weighted by Gasteiger charge is 2.23. The van der Waals surface area contributed by atoms with Gasteiger partial charge in [-0.3, -0.25) is 0 Å². The van der Waals surface area contributed by atoms with Crippen molar-refractivity contribution in [1.29, 1.82) is 5.41 Å². The normalized spacial score (nSPS) is 17.8. The molecule has 1 aliphatic rings. The second-order valence-corrected chi connectivity index (χ2v) is 7.41. The topological polar surface area (TPSA) is 111 Å². The van der Waals surface area contributed by atoms with Crippen molar-refractivity contribution in [1.82, 2.24) is 20.1 Å². The quantitative estimate of drug-likeness (QED) is 0.538. The van der Waals surface area contributed by atoms with Crippen LogP contribution >= 0.6 is 0 Å². The number of nitrogen functional groups attached to an aromatic ring is 1. The molecule has 0 saturated heterocycles. The lowest BCUT2D eigenvalue weighted by atomic mass is 10.0. The number of hydrogen-bond acceptors (Lipinski definition) is 7. The van der Waals surface area contributed by atoms with Gasteiger partial charge in [-0.05, 0) is 43.7 Å². The van der Waals surface area contributed by atoms with E-state index in [0.29, 0.717) is 41.4 Å². The summed E-state index contributed by atoms with van der Waals surface area (Å²) in [5.41, 5.74) is 10.3. The predicted molar refractivity (Wildman–Crippen MR) is 121 cm³/mol. The molecular formula is C23H25FN6O2. The summed E-state index contributed by atoms with van der Waals surface area (Å²) in [7, 11) is 1.54. The predicted octanol–water partition coefficient (Wildman–Crippen LogP) is 3.66. The first-order valence-corrected chi connectivity index (χ1v) is 10.3. The van der Waals surface area contributed by atoms with Crippen molar-refractivity contribution in [3.8, 4) is 17.3 Å². The fraction of sp³-hybridized carbons (Fsp3) is 0.261. The van der Waals surface area contributed by atoms with E-state index < -0.39 is 6.10 Å². The smallest absolute Gasteiger partial charge is 0.233 e. The zero-order chi connectivity index (χ0) is 22.8. The van der Waals surface area contributed by atoms with Crippen LogP contribution in [0.3, 0.4) is 0 Å². The maximum atomic E-state index is 14.2. The van der Waals surface area contributed by atoms with Crippen molar-refractivity contribution in [2.24, 2.45) is 0 Å². The van der Waals surface area contributed by atoms with Crippen LogP contribution in [0.4, 0.5) is 10.2 Å². The lowest BCUT2D eigenvalue weighted by molar-refractivity contribution is 0.226. The zero-order valence-corrected chi connectivity index (χ0v) is 18.1. The van der Waals surface area contributed by atoms with Crippen LogP contribution in [0.5, 0.6) is 11.6 Å². The number of hydrogen-bond donors (Lipinski definition) is 3. The Balaban J connectivity index is 2.03. The van der Waals surface area contributed by atoms with Crippen molar-refractivity contribution in [2.45, 2.75) is 26.4 Å². The molecule has 0 radical (unpaired) electrons. The van der Waals surface area contributed by atoms with Crippen LogP contribution in [0.1, 0.15) is 36.8 Å². The van der Waals surface area contributed by atoms with Gasteiger partial charge in [0.15, 0.2) is 11.6 Å². The molecule has 4 rings (SSSR count). The van der Waals surface area contributed by atoms with Crippen LogP contribution in [0.2, 0.25) is 0 Å². The van der Waals surface area contributed by atoms with Gasteiger partial charge < -0.3 is 25.9 Å². The summed E-state index contributed by atoms with van der Waals surface area (Å²) < 4.78 is 27.5. The maximum Gasteiger partial charge on any atom is 0.233 e. The van der Waals surface area contributed by atoms with Gasteiger partial charge in [0.25, 0.3) is 0 Å². The second-order valence-electron chi connectivity index (χ2n) is 7.41. The Morgan fingerprint density at radius 2 is 2.19 bits per heavy atom. The minimum Gasteiger partial charge on any atom is -0.482 e. The van der Waals surface area contributed by atoms with E-state index in [0.717, 1.165) is 17.0 Å². The lowest BCUT2D eigenvalue weighted by Crippen LogP contribution is -2.18. The molecule has 0 unspecified atom stereocenters. The van der Waals surface area contributed by atoms with Crippen LogP contribution < -0.4 is 20.5 Å². The number of aromatic nitrogens is 3. The van der Waals surface area contributed by atoms with Crippen molar-refractivity contribution >= 4 is 17.7 Å². The maximum absolute atomic E-state index is 14.2. The SMILES string of the molecule is CCN/C1=C(\C=N)Cc2cc(OC)nn2-c2ccc(F)cc2[C@@H](C)Oc2cc1cnc2N. The number of anilines is 1. The van der Waals surface area contributed by atoms with Crippen LogP contribution in [0, 0.1) is 11.2 Å². The third-order valence-electron chi connectivity index (χ3n) is 5.32. The lowest BCUT2D eigenvalue weighted by Gasteiger charge is -2.22. The summed E-state index contributed by atoms with van der Waals surface area (Å²) in [6.45, 7) is 4.45. The molecule has 32 heavy (non-hydrogen) atoms. The molecule has 0 fully saturated rings. The molecule has 2 aromatic heterocycles. The summed E-state index contributed by atoms with van der Waals surface area (Å²) in [5.74, 6) is 0.633. The van der Waals surface area contributed by atoms with E-state index in [9.17, 15) is 4.39 Å². The molecule has 4 N–H and O–H groups in total. The van der Waals surface area contributed by atoms with E-state index in [4.69, 9.17) is 20.6 Å². The summed E-state index contributed by atoms with van der Waals surface area (Å²) in [5, 5.41) is 16.0. The van der Waals surface area contributed by atoms with Gasteiger partial charge in [-0.25, -0.2) is 14.1 Å². The monoisotopic (exact) mass is 436 g/mol. The number of nitrogens with two attached hydrogens (primary N) is 1. The van der Waals surface area contributed by atoms with Crippen LogP contribution in [0.15, 0.2) is 42.1 Å². The third-order valence-corrected chi connectivity index (χ3v) is 5.32. The van der Waals surface area contributed by atoms with Gasteiger partial charge in [-0.2, -0.15) is 0 Å². The number of rotatable bonds is 4. The van der Waals surface area contributed by atoms with Crippen LogP contribution in [-0.2, 0) is 6.42 Å². The number of nitrogens with zero attached hydrogens (tertiary/aromatic N) is 3. The molecule has 3 aromatic rings. The number of benzene rings is 1. The average Bonchev–Trinajstić information content (AvgIpc) is 3.19. The van der Waals surface area contributed by atoms with Gasteiger partial charge in [-0.1, -0.05) is 0 Å². The number of fused-ring (bicyclic) bond motifs is 5. The summed E-state index contributed by atoms with van der Waals surface area (Å²) in [4.78, 5) is 4.29. The highest BCUT2D eigenvalue weighted by Crippen LogP contribution is 2.34. The van der Waals surface area contributed by atoms with E-state index in [1.54, 1.807) is 30.1 Å². The van der Waals surface area contributed by atoms with Crippen molar-refractivity contribution in [3.05, 3.63) is 64.7 Å². The van der Waals surface area contributed by atoms with E-state index in [1.165, 1.54) is 18.3 Å². The number of pyridine rings is 1. The molecule has 2 bridgehead atoms. The largest absolute Gasteiger partial charge is 0.482 e. The Labute approximate surface area is 185 Å². The Morgan fingerprint density at radius 3 is 2.91 bits per heavy atom. The van der Waals surface area contributed by atoms with Crippen molar-refractivity contribution in [3.63, 3.8) is 0 Å². The second kappa shape index (κ2) is 8.70. The number of nitrogens with one attached hydrogen (secondary N) is 2. The molecule has 1 aliphatic heterocycles. The van der Waals surface area contributed by atoms with Crippen LogP contribution in [0.25, 0.3) is 11.4 Å². The molecule has 0 spiro atoms. The van der Waals surface area contributed by atoms with Gasteiger partial charge in [0, 0.05) is 48.3 Å². The molecule has 0 saturated carbocycles. The number of allylic oxidation sites excluding steroid dienone is 1. The molecule has 8 nitrogen and oxygen atoms in total. The van der Waals surface area contributed by atoms with Crippen molar-refractivity contribution < 1.29 is 13.9 Å². The standard InChI is InChI=1S/C23H25FN6O2/c1-4-27-22-14(11-25)7-17-10-21(31-3)29-30(17)19-6-5-16(24)9-18(19)13(2)32-20-8-15(22)12-28-23(20)26/h5-6,8-13,25,27H,4,7H2,1-3H3,(H2,26,28)/b22-14-,25-11?/t13-/m1/s1. The van der Waals surface area contributed by atoms with Gasteiger partial charge >= 0.3 is 0 Å². The minimum absolute atomic E-state index is 0.226. The van der Waals surface area contributed by atoms with Gasteiger partial charge in [0.2, 0.25) is 5.88 Å². The number of methoxy groups -OCH3 is 1.